The van der Waals surface area contributed by atoms with Gasteiger partial charge in [0.05, 0.1) is 26.0 Å². The Morgan fingerprint density at radius 3 is 2.39 bits per heavy atom. The number of ether oxygens (including phenoxy) is 1. The maximum Gasteiger partial charge on any atom is 0.374 e. The molecule has 7 heteroatoms. The van der Waals surface area contributed by atoms with Gasteiger partial charge in [0, 0.05) is 5.39 Å². The number of carbonyl (C=O) groups excluding carboxylic acids is 1. The third kappa shape index (κ3) is 4.44. The first-order valence-electron chi connectivity index (χ1n) is 7.59. The first-order chi connectivity index (χ1) is 11.0. The second-order valence-electron chi connectivity index (χ2n) is 4.81. The Labute approximate surface area is 135 Å². The van der Waals surface area contributed by atoms with Crippen LogP contribution in [0.25, 0.3) is 11.0 Å². The number of carbonyl (C=O) groups is 1. The summed E-state index contributed by atoms with van der Waals surface area (Å²) >= 11 is 0. The van der Waals surface area contributed by atoms with Crippen molar-refractivity contribution in [2.45, 2.75) is 26.9 Å². The second kappa shape index (κ2) is 7.77. The van der Waals surface area contributed by atoms with E-state index in [2.05, 4.69) is 0 Å². The Bertz CT molecular complexity index is 710. The summed E-state index contributed by atoms with van der Waals surface area (Å²) in [7, 11) is -3.16. The summed E-state index contributed by atoms with van der Waals surface area (Å²) in [5.41, 5.74) is 1.36. The Morgan fingerprint density at radius 1 is 1.09 bits per heavy atom. The molecule has 0 amide bonds. The predicted molar refractivity (Wildman–Crippen MR) is 86.7 cm³/mol. The number of fused-ring (bicyclic) bond motifs is 1. The van der Waals surface area contributed by atoms with Gasteiger partial charge in [-0.3, -0.25) is 4.57 Å². The van der Waals surface area contributed by atoms with Gasteiger partial charge in [0.1, 0.15) is 5.58 Å². The molecule has 2 rings (SSSR count). The standard InChI is InChI=1S/C16H21O6P/c1-4-19-16(17)15-10-13-9-12(7-8-14(13)22-15)11-23(18,20-5-2)21-6-3/h7-10H,4-6,11H2,1-3H3. The van der Waals surface area contributed by atoms with Crippen LogP contribution >= 0.6 is 7.60 Å². The van der Waals surface area contributed by atoms with Crippen molar-refractivity contribution in [3.8, 4) is 0 Å². The summed E-state index contributed by atoms with van der Waals surface area (Å²) in [5.74, 6) is -0.351. The van der Waals surface area contributed by atoms with Crippen molar-refractivity contribution in [1.29, 1.82) is 0 Å². The van der Waals surface area contributed by atoms with E-state index in [0.29, 0.717) is 18.8 Å². The van der Waals surface area contributed by atoms with Gasteiger partial charge in [-0.05, 0) is 44.5 Å². The van der Waals surface area contributed by atoms with Crippen LogP contribution in [0.3, 0.4) is 0 Å². The van der Waals surface area contributed by atoms with Crippen LogP contribution in [0.1, 0.15) is 36.9 Å². The first-order valence-corrected chi connectivity index (χ1v) is 9.31. The highest BCUT2D eigenvalue weighted by Crippen LogP contribution is 2.51. The van der Waals surface area contributed by atoms with E-state index in [1.165, 1.54) is 0 Å². The summed E-state index contributed by atoms with van der Waals surface area (Å²) in [6.45, 7) is 6.20. The molecular weight excluding hydrogens is 319 g/mol. The molecule has 0 aliphatic heterocycles. The van der Waals surface area contributed by atoms with Gasteiger partial charge in [-0.15, -0.1) is 0 Å². The molecule has 126 valence electrons. The van der Waals surface area contributed by atoms with Gasteiger partial charge in [-0.25, -0.2) is 4.79 Å². The van der Waals surface area contributed by atoms with Gasteiger partial charge in [0.15, 0.2) is 0 Å². The van der Waals surface area contributed by atoms with Crippen LogP contribution < -0.4 is 0 Å². The van der Waals surface area contributed by atoms with Gasteiger partial charge >= 0.3 is 13.6 Å². The molecule has 0 aliphatic carbocycles. The lowest BCUT2D eigenvalue weighted by Crippen LogP contribution is -2.02. The molecule has 2 aromatic rings. The van der Waals surface area contributed by atoms with E-state index in [1.807, 2.05) is 6.07 Å². The zero-order valence-corrected chi connectivity index (χ0v) is 14.4. The molecule has 0 saturated heterocycles. The van der Waals surface area contributed by atoms with Gasteiger partial charge in [0.25, 0.3) is 0 Å². The summed E-state index contributed by atoms with van der Waals surface area (Å²) in [6, 6.07) is 6.94. The average Bonchev–Trinajstić information content (AvgIpc) is 2.91. The third-order valence-corrected chi connectivity index (χ3v) is 5.14. The minimum atomic E-state index is -3.16. The molecule has 1 aromatic heterocycles. The average molecular weight is 340 g/mol. The maximum absolute atomic E-state index is 12.6. The van der Waals surface area contributed by atoms with Crippen molar-refractivity contribution in [2.24, 2.45) is 0 Å². The van der Waals surface area contributed by atoms with Crippen LogP contribution in [-0.4, -0.2) is 25.8 Å². The molecule has 0 unspecified atom stereocenters. The van der Waals surface area contributed by atoms with Crippen molar-refractivity contribution < 1.29 is 27.6 Å². The first kappa shape index (κ1) is 17.7. The molecule has 0 spiro atoms. The van der Waals surface area contributed by atoms with Gasteiger partial charge in [-0.2, -0.15) is 0 Å². The van der Waals surface area contributed by atoms with Crippen LogP contribution in [0.5, 0.6) is 0 Å². The number of hydrogen-bond acceptors (Lipinski definition) is 6. The summed E-state index contributed by atoms with van der Waals surface area (Å²) in [5, 5.41) is 0.741. The molecule has 0 atom stereocenters. The highest BCUT2D eigenvalue weighted by Gasteiger charge is 2.24. The second-order valence-corrected chi connectivity index (χ2v) is 6.86. The van der Waals surface area contributed by atoms with Crippen molar-refractivity contribution in [2.75, 3.05) is 19.8 Å². The molecule has 1 aromatic carbocycles. The summed E-state index contributed by atoms with van der Waals surface area (Å²) in [4.78, 5) is 11.7. The molecule has 0 radical (unpaired) electrons. The minimum Gasteiger partial charge on any atom is -0.460 e. The van der Waals surface area contributed by atoms with Gasteiger partial charge < -0.3 is 18.2 Å². The highest BCUT2D eigenvalue weighted by atomic mass is 31.2. The van der Waals surface area contributed by atoms with Crippen molar-refractivity contribution in [3.05, 3.63) is 35.6 Å². The van der Waals surface area contributed by atoms with E-state index in [9.17, 15) is 9.36 Å². The van der Waals surface area contributed by atoms with Gasteiger partial charge in [0.2, 0.25) is 5.76 Å². The number of hydrogen-bond donors (Lipinski definition) is 0. The monoisotopic (exact) mass is 340 g/mol. The van der Waals surface area contributed by atoms with E-state index in [-0.39, 0.29) is 18.5 Å². The smallest absolute Gasteiger partial charge is 0.374 e. The van der Waals surface area contributed by atoms with Crippen molar-refractivity contribution >= 4 is 24.5 Å². The molecular formula is C16H21O6P. The van der Waals surface area contributed by atoms with Crippen LogP contribution in [0.15, 0.2) is 28.7 Å². The SMILES string of the molecule is CCOC(=O)c1cc2cc(CP(=O)(OCC)OCC)ccc2o1. The lowest BCUT2D eigenvalue weighted by atomic mass is 10.2. The molecule has 0 N–H and O–H groups in total. The summed E-state index contributed by atoms with van der Waals surface area (Å²) in [6.07, 6.45) is 0.171. The highest BCUT2D eigenvalue weighted by molar-refractivity contribution is 7.53. The van der Waals surface area contributed by atoms with E-state index in [4.69, 9.17) is 18.2 Å². The lowest BCUT2D eigenvalue weighted by molar-refractivity contribution is 0.0492. The van der Waals surface area contributed by atoms with Crippen LogP contribution in [0.2, 0.25) is 0 Å². The van der Waals surface area contributed by atoms with Crippen LogP contribution in [0, 0.1) is 0 Å². The Balaban J connectivity index is 2.25. The molecule has 0 fully saturated rings. The molecule has 6 nitrogen and oxygen atoms in total. The predicted octanol–water partition coefficient (Wildman–Crippen LogP) is 4.38. The molecule has 0 aliphatic rings. The zero-order chi connectivity index (χ0) is 16.9. The van der Waals surface area contributed by atoms with Crippen LogP contribution in [0.4, 0.5) is 0 Å². The third-order valence-electron chi connectivity index (χ3n) is 3.09. The Morgan fingerprint density at radius 2 is 1.78 bits per heavy atom. The number of benzene rings is 1. The lowest BCUT2D eigenvalue weighted by Gasteiger charge is -2.16. The number of furan rings is 1. The number of esters is 1. The molecule has 23 heavy (non-hydrogen) atoms. The van der Waals surface area contributed by atoms with Crippen molar-refractivity contribution in [3.63, 3.8) is 0 Å². The summed E-state index contributed by atoms with van der Waals surface area (Å²) < 4.78 is 33.5. The maximum atomic E-state index is 12.6. The molecule has 1 heterocycles. The largest absolute Gasteiger partial charge is 0.460 e. The zero-order valence-electron chi connectivity index (χ0n) is 13.5. The quantitative estimate of drug-likeness (QED) is 0.524. The fourth-order valence-corrected chi connectivity index (χ4v) is 3.93. The van der Waals surface area contributed by atoms with Crippen molar-refractivity contribution in [1.82, 2.24) is 0 Å². The fraction of sp³-hybridized carbons (Fsp3) is 0.438. The Hall–Kier alpha value is -1.62. The normalized spacial score (nSPS) is 11.8. The van der Waals surface area contributed by atoms with Crippen LogP contribution in [-0.2, 0) is 24.5 Å². The fourth-order valence-electron chi connectivity index (χ4n) is 2.24. The number of rotatable bonds is 8. The molecule has 0 saturated carbocycles. The molecule has 0 bridgehead atoms. The minimum absolute atomic E-state index is 0.150. The van der Waals surface area contributed by atoms with E-state index >= 15 is 0 Å². The topological polar surface area (TPSA) is 75.0 Å². The van der Waals surface area contributed by atoms with E-state index < -0.39 is 13.6 Å². The van der Waals surface area contributed by atoms with E-state index in [1.54, 1.807) is 39.0 Å². The van der Waals surface area contributed by atoms with Gasteiger partial charge in [-0.1, -0.05) is 6.07 Å². The van der Waals surface area contributed by atoms with E-state index in [0.717, 1.165) is 10.9 Å². The Kier molecular flexibility index (Phi) is 5.99.